The molecule has 2 atom stereocenters. The van der Waals surface area contributed by atoms with Crippen LogP contribution in [0.15, 0.2) is 0 Å². The third-order valence-electron chi connectivity index (χ3n) is 6.02. The summed E-state index contributed by atoms with van der Waals surface area (Å²) < 4.78 is 0. The van der Waals surface area contributed by atoms with E-state index < -0.39 is 39.5 Å². The van der Waals surface area contributed by atoms with Crippen LogP contribution in [0.3, 0.4) is 0 Å². The third-order valence-corrected chi connectivity index (χ3v) is 169. The first-order valence-corrected chi connectivity index (χ1v) is 35.0. The second-order valence-electron chi connectivity index (χ2n) is 8.41. The molecule has 0 amide bonds. The maximum atomic E-state index is 2.84. The van der Waals surface area contributed by atoms with E-state index in [1.54, 1.807) is 0 Å². The van der Waals surface area contributed by atoms with E-state index in [0.717, 1.165) is 0 Å². The van der Waals surface area contributed by atoms with Crippen molar-refractivity contribution in [1.82, 2.24) is 0 Å². The van der Waals surface area contributed by atoms with E-state index in [1.165, 1.54) is 0 Å². The summed E-state index contributed by atoms with van der Waals surface area (Å²) in [6.07, 6.45) is -2.14. The second-order valence-corrected chi connectivity index (χ2v) is 88.4. The third kappa shape index (κ3) is 2.16. The maximum Gasteiger partial charge on any atom is 0.114 e. The quantitative estimate of drug-likeness (QED) is 0.480. The molecular weight excluding hydrogens is 385 g/mol. The van der Waals surface area contributed by atoms with Gasteiger partial charge in [0.1, 0.15) is 39.5 Å². The van der Waals surface area contributed by atoms with Crippen molar-refractivity contribution < 1.29 is 0 Å². The Kier molecular flexibility index (Phi) is 4.15. The molecule has 3 fully saturated rings. The predicted molar refractivity (Wildman–Crippen MR) is 116 cm³/mol. The molecule has 0 radical (unpaired) electrons. The van der Waals surface area contributed by atoms with Crippen molar-refractivity contribution in [2.24, 2.45) is 0 Å². The highest BCUT2D eigenvalue weighted by Crippen LogP contribution is 2.67. The largest absolute Gasteiger partial charge is 0.212 e. The lowest BCUT2D eigenvalue weighted by molar-refractivity contribution is 1.94. The molecule has 3 aliphatic rings. The van der Waals surface area contributed by atoms with Gasteiger partial charge in [-0.05, 0) is 0 Å². The normalized spacial score (nSPS) is 45.8. The Morgan fingerprint density at radius 3 is 0.842 bits per heavy atom. The minimum absolute atomic E-state index is 1.04. The Balaban J connectivity index is 2.76. The molecule has 3 heterocycles. The van der Waals surface area contributed by atoms with Gasteiger partial charge in [-0.25, -0.2) is 32.0 Å². The molecule has 2 bridgehead atoms. The fraction of sp³-hybridized carbons (Fsp3) is 1.00. The molecule has 2 unspecified atom stereocenters. The van der Waals surface area contributed by atoms with E-state index in [4.69, 9.17) is 0 Å². The van der Waals surface area contributed by atoms with Crippen molar-refractivity contribution in [1.29, 1.82) is 0 Å². The average Bonchev–Trinajstić information content (AvgIpc) is 2.14. The van der Waals surface area contributed by atoms with Crippen LogP contribution in [-0.4, -0.2) is 39.5 Å². The smallest absolute Gasteiger partial charge is 0.114 e. The van der Waals surface area contributed by atoms with Gasteiger partial charge in [-0.15, -0.1) is 0 Å². The summed E-state index contributed by atoms with van der Waals surface area (Å²) >= 11 is 0. The monoisotopic (exact) mass is 414 g/mol. The minimum Gasteiger partial charge on any atom is -0.212 e. The molecule has 19 heavy (non-hydrogen) atoms. The molecule has 9 heteroatoms. The van der Waals surface area contributed by atoms with Crippen LogP contribution in [0.25, 0.3) is 0 Å². The first-order valence-electron chi connectivity index (χ1n) is 7.22. The van der Waals surface area contributed by atoms with Crippen molar-refractivity contribution in [3.8, 4) is 0 Å². The van der Waals surface area contributed by atoms with Gasteiger partial charge in [-0.3, -0.25) is 0 Å². The van der Waals surface area contributed by atoms with Crippen LogP contribution >= 0.6 is 32.0 Å². The first kappa shape index (κ1) is 17.7. The molecule has 3 rings (SSSR count). The van der Waals surface area contributed by atoms with Gasteiger partial charge in [-0.2, -0.15) is 0 Å². The first-order chi connectivity index (χ1) is 8.12. The van der Waals surface area contributed by atoms with Gasteiger partial charge >= 0.3 is 0 Å². The Labute approximate surface area is 136 Å². The summed E-state index contributed by atoms with van der Waals surface area (Å²) in [6.45, 7) is 23.7. The fourth-order valence-electron chi connectivity index (χ4n) is 3.99. The van der Waals surface area contributed by atoms with Crippen LogP contribution in [-0.2, 0) is 0 Å². The Morgan fingerprint density at radius 2 is 0.579 bits per heavy atom. The van der Waals surface area contributed by atoms with Crippen molar-refractivity contribution in [3.63, 3.8) is 0 Å². The van der Waals surface area contributed by atoms with Gasteiger partial charge in [-0.1, -0.05) is 65.5 Å². The molecule has 0 saturated carbocycles. The van der Waals surface area contributed by atoms with E-state index in [1.807, 2.05) is 0 Å². The lowest BCUT2D eigenvalue weighted by Gasteiger charge is -2.59. The van der Waals surface area contributed by atoms with Crippen LogP contribution in [0, 0.1) is 0 Å². The zero-order valence-corrected chi connectivity index (χ0v) is 22.7. The minimum atomic E-state index is -1.07. The molecule has 0 aromatic carbocycles. The van der Waals surface area contributed by atoms with E-state index in [2.05, 4.69) is 97.5 Å². The summed E-state index contributed by atoms with van der Waals surface area (Å²) in [5.41, 5.74) is 0. The lowest BCUT2D eigenvalue weighted by Crippen LogP contribution is -2.77. The Bertz CT molecular complexity index is 385. The van der Waals surface area contributed by atoms with Crippen molar-refractivity contribution in [2.45, 2.75) is 65.5 Å². The summed E-state index contributed by atoms with van der Waals surface area (Å²) in [7, 11) is 8.14. The van der Waals surface area contributed by atoms with Gasteiger partial charge in [0.05, 0.1) is 0 Å². The molecule has 0 spiro atoms. The molecule has 0 aliphatic carbocycles. The number of hydrogen-bond acceptors (Lipinski definition) is 3. The van der Waals surface area contributed by atoms with E-state index in [-0.39, 0.29) is 0 Å². The molecule has 112 valence electrons. The molecular formula is C10H30S3Si6. The van der Waals surface area contributed by atoms with Gasteiger partial charge in [0.2, 0.25) is 0 Å². The van der Waals surface area contributed by atoms with Crippen LogP contribution in [0.2, 0.25) is 65.5 Å². The van der Waals surface area contributed by atoms with Gasteiger partial charge in [0, 0.05) is 0 Å². The highest BCUT2D eigenvalue weighted by Gasteiger charge is 2.75. The van der Waals surface area contributed by atoms with E-state index >= 15 is 0 Å². The number of fused-ring (bicyclic) bond motifs is 4. The second kappa shape index (κ2) is 4.46. The Hall–Kier alpha value is 2.35. The Morgan fingerprint density at radius 1 is 0.368 bits per heavy atom. The van der Waals surface area contributed by atoms with Crippen molar-refractivity contribution >= 4 is 71.5 Å². The average molecular weight is 415 g/mol. The van der Waals surface area contributed by atoms with Crippen LogP contribution in [0.4, 0.5) is 0 Å². The van der Waals surface area contributed by atoms with Crippen LogP contribution in [0.5, 0.6) is 0 Å². The summed E-state index contributed by atoms with van der Waals surface area (Å²) in [5.74, 6) is 0. The van der Waals surface area contributed by atoms with Gasteiger partial charge < -0.3 is 0 Å². The number of rotatable bonds is 0. The molecule has 0 nitrogen and oxygen atoms in total. The van der Waals surface area contributed by atoms with E-state index in [0.29, 0.717) is 0 Å². The van der Waals surface area contributed by atoms with Crippen LogP contribution < -0.4 is 0 Å². The molecule has 0 aromatic rings. The highest BCUT2D eigenvalue weighted by atomic mass is 32.7. The van der Waals surface area contributed by atoms with Gasteiger partial charge in [0.15, 0.2) is 0 Å². The molecule has 0 aromatic heterocycles. The summed E-state index contributed by atoms with van der Waals surface area (Å²) in [4.78, 5) is 0. The molecule has 0 N–H and O–H groups in total. The highest BCUT2D eigenvalue weighted by molar-refractivity contribution is 8.92. The zero-order valence-electron chi connectivity index (χ0n) is 14.2. The number of hydrogen-bond donors (Lipinski definition) is 0. The SMILES string of the molecule is C[Si]1(C)S[Si](C)(C)[Si]2(C)S[Si](C)(C)[Si]1(C)S[Si]2(C)C. The van der Waals surface area contributed by atoms with Crippen molar-refractivity contribution in [2.75, 3.05) is 0 Å². The van der Waals surface area contributed by atoms with E-state index in [9.17, 15) is 0 Å². The predicted octanol–water partition coefficient (Wildman–Crippen LogP) is 5.50. The molecule has 3 aliphatic heterocycles. The summed E-state index contributed by atoms with van der Waals surface area (Å²) in [6, 6.07) is 0. The van der Waals surface area contributed by atoms with Crippen LogP contribution in [0.1, 0.15) is 0 Å². The van der Waals surface area contributed by atoms with Gasteiger partial charge in [0.25, 0.3) is 0 Å². The lowest BCUT2D eigenvalue weighted by atomic mass is 11.9. The zero-order chi connectivity index (χ0) is 15.1. The molecule has 3 saturated heterocycles. The summed E-state index contributed by atoms with van der Waals surface area (Å²) in [5, 5.41) is 0. The standard InChI is InChI=1S/C10H30S3Si6/c1-14(2)11-15(3,4)19(10)13-16(5,6)18(14,9)12-17(19,7)8/h1-10H3. The van der Waals surface area contributed by atoms with Crippen molar-refractivity contribution in [3.05, 3.63) is 0 Å². The topological polar surface area (TPSA) is 0 Å². The maximum absolute atomic E-state index is 2.84. The fourth-order valence-corrected chi connectivity index (χ4v) is 296.